The second-order valence-electron chi connectivity index (χ2n) is 4.60. The molecule has 0 aliphatic heterocycles. The predicted octanol–water partition coefficient (Wildman–Crippen LogP) is 3.72. The van der Waals surface area contributed by atoms with Crippen LogP contribution in [0.2, 0.25) is 0 Å². The Bertz CT molecular complexity index is 922. The van der Waals surface area contributed by atoms with Crippen LogP contribution < -0.4 is 0 Å². The largest absolute Gasteiger partial charge is 0.173 e. The van der Waals surface area contributed by atoms with Gasteiger partial charge in [-0.1, -0.05) is 6.92 Å². The van der Waals surface area contributed by atoms with Gasteiger partial charge in [0.15, 0.2) is 0 Å². The molecule has 0 spiro atoms. The summed E-state index contributed by atoms with van der Waals surface area (Å²) in [6.45, 7) is 4.22. The van der Waals surface area contributed by atoms with E-state index in [1.54, 1.807) is 0 Å². The second kappa shape index (κ2) is 3.91. The fraction of sp³-hybridized carbons (Fsp3) is 0.231. The number of fused-ring (bicyclic) bond motifs is 5. The molecule has 2 heterocycles. The molecule has 94 valence electrons. The number of aryl methyl sites for hydroxylation is 2. The molecule has 6 heteroatoms. The molecule has 0 N–H and O–H groups in total. The second-order valence-corrected chi connectivity index (χ2v) is 5.66. The fourth-order valence-corrected chi connectivity index (χ4v) is 3.76. The summed E-state index contributed by atoms with van der Waals surface area (Å²) in [7, 11) is 0. The van der Waals surface area contributed by atoms with Crippen molar-refractivity contribution in [1.29, 1.82) is 0 Å². The Morgan fingerprint density at radius 2 is 1.42 bits per heavy atom. The minimum absolute atomic E-state index is 0.949. The van der Waals surface area contributed by atoms with Crippen molar-refractivity contribution >= 4 is 56.3 Å². The summed E-state index contributed by atoms with van der Waals surface area (Å²) in [5, 5.41) is 2.28. The zero-order chi connectivity index (χ0) is 13.0. The molecule has 0 aliphatic rings. The maximum Gasteiger partial charge on any atom is 0.112 e. The zero-order valence-electron chi connectivity index (χ0n) is 10.5. The van der Waals surface area contributed by atoms with Gasteiger partial charge in [0.05, 0.1) is 23.5 Å². The minimum atomic E-state index is 0.949. The van der Waals surface area contributed by atoms with E-state index < -0.39 is 0 Å². The van der Waals surface area contributed by atoms with Crippen LogP contribution in [0.3, 0.4) is 0 Å². The van der Waals surface area contributed by atoms with E-state index in [0.29, 0.717) is 0 Å². The van der Waals surface area contributed by atoms with Crippen molar-refractivity contribution in [2.75, 3.05) is 0 Å². The Balaban J connectivity index is 2.34. The lowest BCUT2D eigenvalue weighted by atomic mass is 9.99. The van der Waals surface area contributed by atoms with Crippen LogP contribution in [0.1, 0.15) is 18.1 Å². The van der Waals surface area contributed by atoms with Gasteiger partial charge < -0.3 is 0 Å². The lowest BCUT2D eigenvalue weighted by Crippen LogP contribution is -1.88. The summed E-state index contributed by atoms with van der Waals surface area (Å²) in [5.41, 5.74) is 6.40. The van der Waals surface area contributed by atoms with Crippen molar-refractivity contribution in [3.05, 3.63) is 23.3 Å². The molecule has 2 aromatic heterocycles. The van der Waals surface area contributed by atoms with Gasteiger partial charge >= 0.3 is 0 Å². The average Bonchev–Trinajstić information content (AvgIpc) is 3.07. The lowest BCUT2D eigenvalue weighted by Gasteiger charge is -2.05. The first-order valence-corrected chi connectivity index (χ1v) is 7.55. The van der Waals surface area contributed by atoms with Crippen molar-refractivity contribution in [1.82, 2.24) is 17.5 Å². The van der Waals surface area contributed by atoms with Crippen molar-refractivity contribution in [3.8, 4) is 0 Å². The Labute approximate surface area is 117 Å². The van der Waals surface area contributed by atoms with E-state index in [1.807, 2.05) is 0 Å². The molecular formula is C13H10N4S2. The van der Waals surface area contributed by atoms with E-state index in [2.05, 4.69) is 43.5 Å². The fourth-order valence-electron chi connectivity index (χ4n) is 2.54. The van der Waals surface area contributed by atoms with Crippen molar-refractivity contribution < 1.29 is 0 Å². The number of aromatic nitrogens is 4. The van der Waals surface area contributed by atoms with Crippen LogP contribution >= 0.6 is 23.5 Å². The molecule has 0 bridgehead atoms. The number of nitrogens with zero attached hydrogens (tertiary/aromatic N) is 4. The topological polar surface area (TPSA) is 51.6 Å². The summed E-state index contributed by atoms with van der Waals surface area (Å²) in [5.74, 6) is 0. The zero-order valence-corrected chi connectivity index (χ0v) is 12.1. The molecular weight excluding hydrogens is 276 g/mol. The molecule has 4 rings (SSSR count). The van der Waals surface area contributed by atoms with Gasteiger partial charge in [0, 0.05) is 10.8 Å². The number of hydrogen-bond acceptors (Lipinski definition) is 6. The molecule has 0 atom stereocenters. The molecule has 2 aromatic carbocycles. The highest BCUT2D eigenvalue weighted by Crippen LogP contribution is 2.33. The highest BCUT2D eigenvalue weighted by Gasteiger charge is 2.15. The van der Waals surface area contributed by atoms with Crippen molar-refractivity contribution in [2.45, 2.75) is 20.3 Å². The molecule has 0 saturated heterocycles. The minimum Gasteiger partial charge on any atom is -0.173 e. The predicted molar refractivity (Wildman–Crippen MR) is 80.0 cm³/mol. The van der Waals surface area contributed by atoms with E-state index >= 15 is 0 Å². The first kappa shape index (κ1) is 11.2. The van der Waals surface area contributed by atoms with Gasteiger partial charge in [0.1, 0.15) is 22.1 Å². The van der Waals surface area contributed by atoms with E-state index in [4.69, 9.17) is 0 Å². The molecule has 0 fully saturated rings. The van der Waals surface area contributed by atoms with Gasteiger partial charge in [-0.15, -0.1) is 0 Å². The molecule has 0 aliphatic carbocycles. The van der Waals surface area contributed by atoms with Crippen LogP contribution in [-0.2, 0) is 6.42 Å². The molecule has 0 amide bonds. The van der Waals surface area contributed by atoms with Gasteiger partial charge in [-0.3, -0.25) is 0 Å². The monoisotopic (exact) mass is 286 g/mol. The third kappa shape index (κ3) is 1.44. The maximum absolute atomic E-state index is 4.47. The van der Waals surface area contributed by atoms with Gasteiger partial charge in [0.2, 0.25) is 0 Å². The van der Waals surface area contributed by atoms with Crippen molar-refractivity contribution in [3.63, 3.8) is 0 Å². The highest BCUT2D eigenvalue weighted by molar-refractivity contribution is 7.00. The van der Waals surface area contributed by atoms with Gasteiger partial charge in [0.25, 0.3) is 0 Å². The summed E-state index contributed by atoms with van der Waals surface area (Å²) >= 11 is 2.55. The SMILES string of the molecule is CCc1cc2c(cc(C)c3nsnc32)c2nsnc12. The van der Waals surface area contributed by atoms with Crippen LogP contribution in [0.4, 0.5) is 0 Å². The van der Waals surface area contributed by atoms with Crippen LogP contribution in [-0.4, -0.2) is 17.5 Å². The Kier molecular flexibility index (Phi) is 2.31. The molecule has 0 unspecified atom stereocenters. The molecule has 4 nitrogen and oxygen atoms in total. The first-order valence-electron chi connectivity index (χ1n) is 6.09. The average molecular weight is 286 g/mol. The number of rotatable bonds is 1. The molecule has 4 aromatic rings. The van der Waals surface area contributed by atoms with E-state index in [1.165, 1.54) is 29.0 Å². The maximum atomic E-state index is 4.47. The highest BCUT2D eigenvalue weighted by atomic mass is 32.1. The quantitative estimate of drug-likeness (QED) is 0.535. The Hall–Kier alpha value is -1.66. The van der Waals surface area contributed by atoms with E-state index in [0.717, 1.165) is 44.8 Å². The lowest BCUT2D eigenvalue weighted by molar-refractivity contribution is 1.16. The molecule has 19 heavy (non-hydrogen) atoms. The van der Waals surface area contributed by atoms with Crippen LogP contribution in [0.5, 0.6) is 0 Å². The van der Waals surface area contributed by atoms with Crippen molar-refractivity contribution in [2.24, 2.45) is 0 Å². The van der Waals surface area contributed by atoms with Gasteiger partial charge in [-0.05, 0) is 36.6 Å². The first-order chi connectivity index (χ1) is 9.29. The smallest absolute Gasteiger partial charge is 0.112 e. The number of hydrogen-bond donors (Lipinski definition) is 0. The third-order valence-electron chi connectivity index (χ3n) is 3.52. The summed E-state index contributed by atoms with van der Waals surface area (Å²) in [6.07, 6.45) is 0.949. The van der Waals surface area contributed by atoms with Gasteiger partial charge in [-0.2, -0.15) is 17.5 Å². The third-order valence-corrected chi connectivity index (χ3v) is 4.57. The van der Waals surface area contributed by atoms with Crippen LogP contribution in [0.25, 0.3) is 32.8 Å². The van der Waals surface area contributed by atoms with E-state index in [-0.39, 0.29) is 0 Å². The summed E-state index contributed by atoms with van der Waals surface area (Å²) in [4.78, 5) is 0. The standard InChI is InChI=1S/C13H10N4S2/c1-3-7-5-9-8(13-11(7)15-19-17-13)4-6(2)10-12(9)16-18-14-10/h4-5H,3H2,1-2H3. The molecule has 0 radical (unpaired) electrons. The summed E-state index contributed by atoms with van der Waals surface area (Å²) < 4.78 is 17.8. The van der Waals surface area contributed by atoms with Crippen LogP contribution in [0, 0.1) is 6.92 Å². The van der Waals surface area contributed by atoms with E-state index in [9.17, 15) is 0 Å². The molecule has 0 saturated carbocycles. The Morgan fingerprint density at radius 3 is 2.16 bits per heavy atom. The van der Waals surface area contributed by atoms with Crippen LogP contribution in [0.15, 0.2) is 12.1 Å². The van der Waals surface area contributed by atoms with Gasteiger partial charge in [-0.25, -0.2) is 0 Å². The summed E-state index contributed by atoms with van der Waals surface area (Å²) in [6, 6.07) is 4.35. The number of benzene rings is 2. The normalized spacial score (nSPS) is 11.9. The Morgan fingerprint density at radius 1 is 0.842 bits per heavy atom.